The summed E-state index contributed by atoms with van der Waals surface area (Å²) in [7, 11) is 0. The first-order chi connectivity index (χ1) is 8.41. The lowest BCUT2D eigenvalue weighted by Gasteiger charge is -2.12. The fraction of sp³-hybridized carbons (Fsp3) is 0.286. The molecule has 0 bridgehead atoms. The molecule has 0 amide bonds. The first kappa shape index (κ1) is 12.5. The highest BCUT2D eigenvalue weighted by Gasteiger charge is 2.14. The Labute approximate surface area is 105 Å². The van der Waals surface area contributed by atoms with E-state index in [4.69, 9.17) is 0 Å². The molecular weight excluding hydrogens is 231 g/mol. The predicted octanol–water partition coefficient (Wildman–Crippen LogP) is 3.14. The third-order valence-electron chi connectivity index (χ3n) is 3.17. The van der Waals surface area contributed by atoms with Crippen LogP contribution in [0, 0.1) is 26.6 Å². The van der Waals surface area contributed by atoms with Crippen LogP contribution in [0.1, 0.15) is 34.2 Å². The van der Waals surface area contributed by atoms with E-state index in [0.29, 0.717) is 16.8 Å². The Morgan fingerprint density at radius 2 is 1.94 bits per heavy atom. The molecule has 0 saturated heterocycles. The Morgan fingerprint density at radius 3 is 2.44 bits per heavy atom. The van der Waals surface area contributed by atoms with Gasteiger partial charge < -0.3 is 4.57 Å². The Morgan fingerprint density at radius 1 is 1.28 bits per heavy atom. The van der Waals surface area contributed by atoms with E-state index in [-0.39, 0.29) is 11.6 Å². The van der Waals surface area contributed by atoms with E-state index in [1.54, 1.807) is 19.3 Å². The molecule has 0 atom stereocenters. The van der Waals surface area contributed by atoms with Crippen molar-refractivity contribution in [1.82, 2.24) is 9.55 Å². The molecule has 0 N–H and O–H groups in total. The van der Waals surface area contributed by atoms with Crippen LogP contribution >= 0.6 is 0 Å². The van der Waals surface area contributed by atoms with Crippen LogP contribution in [-0.2, 0) is 0 Å². The molecule has 94 valence electrons. The first-order valence-corrected chi connectivity index (χ1v) is 5.74. The molecule has 2 aromatic rings. The lowest BCUT2D eigenvalue weighted by atomic mass is 10.1. The molecule has 0 saturated carbocycles. The van der Waals surface area contributed by atoms with Gasteiger partial charge in [-0.1, -0.05) is 0 Å². The summed E-state index contributed by atoms with van der Waals surface area (Å²) in [5.41, 5.74) is 3.41. The maximum Gasteiger partial charge on any atom is 0.162 e. The Hall–Kier alpha value is -1.97. The molecule has 2 rings (SSSR count). The van der Waals surface area contributed by atoms with Crippen molar-refractivity contribution in [3.8, 4) is 5.69 Å². The number of ketones is 1. The van der Waals surface area contributed by atoms with Crippen LogP contribution in [0.5, 0.6) is 0 Å². The van der Waals surface area contributed by atoms with E-state index in [1.807, 2.05) is 18.4 Å². The SMILES string of the molecule is CC(=O)c1cc(F)c(C)cc1-n1cnc(C)c1C. The van der Waals surface area contributed by atoms with Crippen molar-refractivity contribution in [2.24, 2.45) is 0 Å². The highest BCUT2D eigenvalue weighted by atomic mass is 19.1. The maximum absolute atomic E-state index is 13.6. The third-order valence-corrected chi connectivity index (χ3v) is 3.17. The maximum atomic E-state index is 13.6. The number of carbonyl (C=O) groups is 1. The van der Waals surface area contributed by atoms with Gasteiger partial charge in [-0.2, -0.15) is 0 Å². The van der Waals surface area contributed by atoms with Gasteiger partial charge in [0.2, 0.25) is 0 Å². The second-order valence-corrected chi connectivity index (χ2v) is 4.46. The highest BCUT2D eigenvalue weighted by molar-refractivity contribution is 5.97. The lowest BCUT2D eigenvalue weighted by Crippen LogP contribution is -2.06. The molecule has 1 aromatic heterocycles. The summed E-state index contributed by atoms with van der Waals surface area (Å²) in [5, 5.41) is 0. The number of aromatic nitrogens is 2. The molecule has 0 unspecified atom stereocenters. The Bertz CT molecular complexity index is 629. The Kier molecular flexibility index (Phi) is 3.03. The number of hydrogen-bond donors (Lipinski definition) is 0. The number of carbonyl (C=O) groups excluding carboxylic acids is 1. The van der Waals surface area contributed by atoms with Gasteiger partial charge >= 0.3 is 0 Å². The van der Waals surface area contributed by atoms with E-state index < -0.39 is 0 Å². The van der Waals surface area contributed by atoms with Crippen LogP contribution in [0.25, 0.3) is 5.69 Å². The van der Waals surface area contributed by atoms with Crippen molar-refractivity contribution in [1.29, 1.82) is 0 Å². The number of halogens is 1. The minimum atomic E-state index is -0.363. The number of Topliss-reactive ketones (excluding diaryl/α,β-unsaturated/α-hetero) is 1. The quantitative estimate of drug-likeness (QED) is 0.763. The predicted molar refractivity (Wildman–Crippen MR) is 67.7 cm³/mol. The molecule has 0 aliphatic carbocycles. The van der Waals surface area contributed by atoms with Gasteiger partial charge in [0.05, 0.1) is 17.7 Å². The zero-order valence-electron chi connectivity index (χ0n) is 10.9. The normalized spacial score (nSPS) is 10.7. The van der Waals surface area contributed by atoms with E-state index >= 15 is 0 Å². The van der Waals surface area contributed by atoms with Crippen molar-refractivity contribution in [3.05, 3.63) is 46.8 Å². The average Bonchev–Trinajstić information content (AvgIpc) is 2.63. The molecule has 1 heterocycles. The highest BCUT2D eigenvalue weighted by Crippen LogP contribution is 2.22. The van der Waals surface area contributed by atoms with Crippen molar-refractivity contribution < 1.29 is 9.18 Å². The van der Waals surface area contributed by atoms with Gasteiger partial charge in [0.15, 0.2) is 5.78 Å². The second kappa shape index (κ2) is 4.37. The van der Waals surface area contributed by atoms with Gasteiger partial charge in [-0.3, -0.25) is 4.79 Å². The number of nitrogens with zero attached hydrogens (tertiary/aromatic N) is 2. The fourth-order valence-corrected chi connectivity index (χ4v) is 1.89. The largest absolute Gasteiger partial charge is 0.303 e. The first-order valence-electron chi connectivity index (χ1n) is 5.74. The van der Waals surface area contributed by atoms with Gasteiger partial charge in [0.1, 0.15) is 5.82 Å². The average molecular weight is 246 g/mol. The number of rotatable bonds is 2. The van der Waals surface area contributed by atoms with Crippen LogP contribution in [0.2, 0.25) is 0 Å². The summed E-state index contributed by atoms with van der Waals surface area (Å²) in [6.07, 6.45) is 1.66. The zero-order valence-corrected chi connectivity index (χ0v) is 10.9. The number of hydrogen-bond acceptors (Lipinski definition) is 2. The Balaban J connectivity index is 2.74. The summed E-state index contributed by atoms with van der Waals surface area (Å²) in [6, 6.07) is 2.97. The van der Waals surface area contributed by atoms with E-state index in [2.05, 4.69) is 4.98 Å². The smallest absolute Gasteiger partial charge is 0.162 e. The van der Waals surface area contributed by atoms with Crippen molar-refractivity contribution in [3.63, 3.8) is 0 Å². The molecule has 0 aliphatic rings. The van der Waals surface area contributed by atoms with Gasteiger partial charge in [-0.05, 0) is 45.4 Å². The van der Waals surface area contributed by atoms with E-state index in [0.717, 1.165) is 11.4 Å². The van der Waals surface area contributed by atoms with Gasteiger partial charge in [-0.25, -0.2) is 9.37 Å². The number of aryl methyl sites for hydroxylation is 2. The van der Waals surface area contributed by atoms with Crippen LogP contribution in [0.4, 0.5) is 4.39 Å². The van der Waals surface area contributed by atoms with Crippen molar-refractivity contribution >= 4 is 5.78 Å². The van der Waals surface area contributed by atoms with Crippen LogP contribution in [0.15, 0.2) is 18.5 Å². The molecular formula is C14H15FN2O. The van der Waals surface area contributed by atoms with Crippen molar-refractivity contribution in [2.75, 3.05) is 0 Å². The minimum Gasteiger partial charge on any atom is -0.303 e. The molecule has 0 aliphatic heterocycles. The van der Waals surface area contributed by atoms with Gasteiger partial charge in [0, 0.05) is 11.3 Å². The number of imidazole rings is 1. The summed E-state index contributed by atoms with van der Waals surface area (Å²) in [5.74, 6) is -0.520. The van der Waals surface area contributed by atoms with E-state index in [1.165, 1.54) is 13.0 Å². The van der Waals surface area contributed by atoms with Crippen molar-refractivity contribution in [2.45, 2.75) is 27.7 Å². The van der Waals surface area contributed by atoms with Crippen LogP contribution in [-0.4, -0.2) is 15.3 Å². The third kappa shape index (κ3) is 1.94. The van der Waals surface area contributed by atoms with E-state index in [9.17, 15) is 9.18 Å². The zero-order chi connectivity index (χ0) is 13.4. The second-order valence-electron chi connectivity index (χ2n) is 4.46. The van der Waals surface area contributed by atoms with Gasteiger partial charge in [0.25, 0.3) is 0 Å². The fourth-order valence-electron chi connectivity index (χ4n) is 1.89. The molecule has 0 radical (unpaired) electrons. The summed E-state index contributed by atoms with van der Waals surface area (Å²) < 4.78 is 15.4. The monoisotopic (exact) mass is 246 g/mol. The molecule has 18 heavy (non-hydrogen) atoms. The van der Waals surface area contributed by atoms with Gasteiger partial charge in [-0.15, -0.1) is 0 Å². The molecule has 4 heteroatoms. The molecule has 0 spiro atoms. The molecule has 0 fully saturated rings. The topological polar surface area (TPSA) is 34.9 Å². The lowest BCUT2D eigenvalue weighted by molar-refractivity contribution is 0.101. The van der Waals surface area contributed by atoms with Crippen LogP contribution in [0.3, 0.4) is 0 Å². The minimum absolute atomic E-state index is 0.158. The summed E-state index contributed by atoms with van der Waals surface area (Å²) >= 11 is 0. The molecule has 1 aromatic carbocycles. The molecule has 3 nitrogen and oxygen atoms in total. The van der Waals surface area contributed by atoms with Crippen LogP contribution < -0.4 is 0 Å². The summed E-state index contributed by atoms with van der Waals surface area (Å²) in [6.45, 7) is 6.94. The summed E-state index contributed by atoms with van der Waals surface area (Å²) in [4.78, 5) is 15.8. The number of benzene rings is 1. The standard InChI is InChI=1S/C14H15FN2O/c1-8-5-14(12(11(4)18)6-13(8)15)17-7-16-9(2)10(17)3/h5-7H,1-4H3.